The molecule has 68 valence electrons. The van der Waals surface area contributed by atoms with Crippen molar-refractivity contribution < 1.29 is 9.59 Å². The third kappa shape index (κ3) is 3.27. The molecule has 0 aromatic heterocycles. The molecule has 12 heavy (non-hydrogen) atoms. The molecule has 0 heterocycles. The summed E-state index contributed by atoms with van der Waals surface area (Å²) in [5, 5.41) is 4.99. The summed E-state index contributed by atoms with van der Waals surface area (Å²) in [4.78, 5) is 21.7. The first-order chi connectivity index (χ1) is 5.49. The van der Waals surface area contributed by atoms with Gasteiger partial charge in [-0.2, -0.15) is 5.10 Å². The van der Waals surface area contributed by atoms with Gasteiger partial charge in [0.2, 0.25) is 5.91 Å². The van der Waals surface area contributed by atoms with E-state index in [1.807, 2.05) is 0 Å². The van der Waals surface area contributed by atoms with Crippen LogP contribution in [0.5, 0.6) is 0 Å². The van der Waals surface area contributed by atoms with Gasteiger partial charge in [-0.15, -0.1) is 0 Å². The van der Waals surface area contributed by atoms with Crippen molar-refractivity contribution in [2.24, 2.45) is 5.10 Å². The summed E-state index contributed by atoms with van der Waals surface area (Å²) < 4.78 is 0. The smallest absolute Gasteiger partial charge is 0.242 e. The van der Waals surface area contributed by atoms with E-state index in [-0.39, 0.29) is 11.7 Å². The quantitative estimate of drug-likeness (QED) is 0.465. The van der Waals surface area contributed by atoms with E-state index in [4.69, 9.17) is 0 Å². The number of Topliss-reactive ketones (excluding diaryl/α,β-unsaturated/α-hetero) is 1. The van der Waals surface area contributed by atoms with Crippen molar-refractivity contribution in [3.8, 4) is 0 Å². The Labute approximate surface area is 72.2 Å². The second kappa shape index (κ2) is 4.64. The number of hydrogen-bond donors (Lipinski definition) is 0. The summed E-state index contributed by atoms with van der Waals surface area (Å²) in [5.74, 6) is -0.221. The second-order valence-electron chi connectivity index (χ2n) is 2.51. The molecule has 0 saturated heterocycles. The number of rotatable bonds is 3. The molecule has 0 aliphatic carbocycles. The minimum atomic E-state index is -0.120. The van der Waals surface area contributed by atoms with Crippen LogP contribution < -0.4 is 0 Å². The number of carbonyl (C=O) groups excluding carboxylic acids is 2. The van der Waals surface area contributed by atoms with Gasteiger partial charge in [-0.25, -0.2) is 5.01 Å². The van der Waals surface area contributed by atoms with E-state index in [0.29, 0.717) is 12.1 Å². The van der Waals surface area contributed by atoms with Crippen LogP contribution in [0.3, 0.4) is 0 Å². The molecule has 0 saturated carbocycles. The molecule has 0 bridgehead atoms. The molecule has 0 aliphatic heterocycles. The predicted octanol–water partition coefficient (Wildman–Crippen LogP) is 0.820. The van der Waals surface area contributed by atoms with Crippen molar-refractivity contribution in [1.82, 2.24) is 5.01 Å². The Morgan fingerprint density at radius 1 is 1.33 bits per heavy atom. The normalized spacial score (nSPS) is 11.2. The zero-order valence-corrected chi connectivity index (χ0v) is 7.92. The minimum Gasteiger partial charge on any atom is -0.293 e. The molecule has 0 spiro atoms. The van der Waals surface area contributed by atoms with Gasteiger partial charge in [0.1, 0.15) is 5.71 Å². The van der Waals surface area contributed by atoms with Gasteiger partial charge in [0.15, 0.2) is 5.78 Å². The third-order valence-electron chi connectivity index (χ3n) is 1.47. The Hall–Kier alpha value is -1.19. The fraction of sp³-hybridized carbons (Fsp3) is 0.625. The van der Waals surface area contributed by atoms with Crippen molar-refractivity contribution in [2.45, 2.75) is 27.2 Å². The summed E-state index contributed by atoms with van der Waals surface area (Å²) in [6.07, 6.45) is 0.394. The lowest BCUT2D eigenvalue weighted by Crippen LogP contribution is -2.22. The largest absolute Gasteiger partial charge is 0.293 e. The molecule has 4 nitrogen and oxygen atoms in total. The number of amides is 1. The monoisotopic (exact) mass is 170 g/mol. The van der Waals surface area contributed by atoms with Gasteiger partial charge >= 0.3 is 0 Å². The summed E-state index contributed by atoms with van der Waals surface area (Å²) in [6, 6.07) is 0. The molecule has 0 aromatic carbocycles. The molecule has 1 amide bonds. The first kappa shape index (κ1) is 10.8. The minimum absolute atomic E-state index is 0.101. The van der Waals surface area contributed by atoms with Gasteiger partial charge in [-0.3, -0.25) is 9.59 Å². The van der Waals surface area contributed by atoms with E-state index in [2.05, 4.69) is 5.10 Å². The molecule has 0 rings (SSSR count). The highest BCUT2D eigenvalue weighted by molar-refractivity contribution is 6.38. The van der Waals surface area contributed by atoms with E-state index < -0.39 is 0 Å². The van der Waals surface area contributed by atoms with Gasteiger partial charge in [0.25, 0.3) is 0 Å². The maximum absolute atomic E-state index is 11.0. The van der Waals surface area contributed by atoms with Crippen LogP contribution in [0.25, 0.3) is 0 Å². The Kier molecular flexibility index (Phi) is 4.18. The fourth-order valence-electron chi connectivity index (χ4n) is 0.580. The van der Waals surface area contributed by atoms with Gasteiger partial charge in [-0.05, 0) is 6.92 Å². The zero-order chi connectivity index (χ0) is 9.72. The van der Waals surface area contributed by atoms with Gasteiger partial charge in [-0.1, -0.05) is 6.92 Å². The summed E-state index contributed by atoms with van der Waals surface area (Å²) in [6.45, 7) is 4.75. The van der Waals surface area contributed by atoms with Crippen LogP contribution in [0.1, 0.15) is 27.2 Å². The second-order valence-corrected chi connectivity index (χ2v) is 2.51. The molecule has 0 unspecified atom stereocenters. The number of hydrazone groups is 1. The van der Waals surface area contributed by atoms with Crippen molar-refractivity contribution >= 4 is 17.4 Å². The topological polar surface area (TPSA) is 49.7 Å². The lowest BCUT2D eigenvalue weighted by Gasteiger charge is -2.09. The van der Waals surface area contributed by atoms with E-state index in [1.54, 1.807) is 13.8 Å². The average molecular weight is 170 g/mol. The van der Waals surface area contributed by atoms with Crippen LogP contribution in [0.15, 0.2) is 5.10 Å². The van der Waals surface area contributed by atoms with Gasteiger partial charge < -0.3 is 0 Å². The molecule has 0 atom stereocenters. The standard InChI is InChI=1S/C8H14N2O2/c1-5-8(12)10(4)9-6(2)7(3)11/h5H2,1-4H3. The van der Waals surface area contributed by atoms with Crippen LogP contribution in [0.2, 0.25) is 0 Å². The highest BCUT2D eigenvalue weighted by atomic mass is 16.2. The average Bonchev–Trinajstić information content (AvgIpc) is 2.02. The lowest BCUT2D eigenvalue weighted by atomic mass is 10.3. The van der Waals surface area contributed by atoms with Crippen LogP contribution in [-0.4, -0.2) is 29.5 Å². The van der Waals surface area contributed by atoms with Gasteiger partial charge in [0.05, 0.1) is 0 Å². The summed E-state index contributed by atoms with van der Waals surface area (Å²) in [5.41, 5.74) is 0.347. The number of nitrogens with zero attached hydrogens (tertiary/aromatic N) is 2. The zero-order valence-electron chi connectivity index (χ0n) is 7.92. The summed E-state index contributed by atoms with van der Waals surface area (Å²) in [7, 11) is 1.54. The van der Waals surface area contributed by atoms with Crippen LogP contribution in [-0.2, 0) is 9.59 Å². The number of ketones is 1. The van der Waals surface area contributed by atoms with Crippen molar-refractivity contribution in [3.63, 3.8) is 0 Å². The van der Waals surface area contributed by atoms with E-state index in [1.165, 1.54) is 19.0 Å². The maximum atomic E-state index is 11.0. The summed E-state index contributed by atoms with van der Waals surface area (Å²) >= 11 is 0. The molecular formula is C8H14N2O2. The first-order valence-corrected chi connectivity index (χ1v) is 3.81. The van der Waals surface area contributed by atoms with Gasteiger partial charge in [0, 0.05) is 20.4 Å². The van der Waals surface area contributed by atoms with Crippen molar-refractivity contribution in [3.05, 3.63) is 0 Å². The first-order valence-electron chi connectivity index (χ1n) is 3.81. The molecule has 0 aromatic rings. The SMILES string of the molecule is CCC(=O)N(C)N=C(C)C(C)=O. The Morgan fingerprint density at radius 3 is 2.17 bits per heavy atom. The molecule has 0 radical (unpaired) electrons. The number of carbonyl (C=O) groups is 2. The number of hydrogen-bond acceptors (Lipinski definition) is 3. The van der Waals surface area contributed by atoms with E-state index >= 15 is 0 Å². The van der Waals surface area contributed by atoms with E-state index in [0.717, 1.165) is 0 Å². The Bertz CT molecular complexity index is 221. The lowest BCUT2D eigenvalue weighted by molar-refractivity contribution is -0.129. The molecule has 0 aliphatic rings. The fourth-order valence-corrected chi connectivity index (χ4v) is 0.580. The van der Waals surface area contributed by atoms with Crippen molar-refractivity contribution in [2.75, 3.05) is 7.05 Å². The highest BCUT2D eigenvalue weighted by Crippen LogP contribution is 1.92. The molecule has 0 N–H and O–H groups in total. The third-order valence-corrected chi connectivity index (χ3v) is 1.47. The van der Waals surface area contributed by atoms with Crippen LogP contribution >= 0.6 is 0 Å². The van der Waals surface area contributed by atoms with Crippen molar-refractivity contribution in [1.29, 1.82) is 0 Å². The molecule has 0 fully saturated rings. The maximum Gasteiger partial charge on any atom is 0.242 e. The van der Waals surface area contributed by atoms with Crippen LogP contribution in [0.4, 0.5) is 0 Å². The molecule has 4 heteroatoms. The molecular weight excluding hydrogens is 156 g/mol. The van der Waals surface area contributed by atoms with E-state index in [9.17, 15) is 9.59 Å². The predicted molar refractivity (Wildman–Crippen MR) is 46.9 cm³/mol. The Balaban J connectivity index is 4.33. The van der Waals surface area contributed by atoms with Crippen LogP contribution in [0, 0.1) is 0 Å². The highest BCUT2D eigenvalue weighted by Gasteiger charge is 2.05. The Morgan fingerprint density at radius 2 is 1.83 bits per heavy atom.